The van der Waals surface area contributed by atoms with Gasteiger partial charge in [0.05, 0.1) is 18.8 Å². The lowest BCUT2D eigenvalue weighted by molar-refractivity contribution is -0.116. The van der Waals surface area contributed by atoms with Gasteiger partial charge in [0.15, 0.2) is 5.78 Å². The second-order valence-electron chi connectivity index (χ2n) is 10.5. The number of allylic oxidation sites excluding steroid dienone is 1. The summed E-state index contributed by atoms with van der Waals surface area (Å²) in [6.45, 7) is 20.3. The normalized spacial score (nSPS) is 17.2. The van der Waals surface area contributed by atoms with Crippen LogP contribution in [0.15, 0.2) is 24.0 Å². The highest BCUT2D eigenvalue weighted by atomic mass is 28.4. The molecule has 0 spiro atoms. The van der Waals surface area contributed by atoms with E-state index in [1.165, 1.54) is 11.0 Å². The minimum atomic E-state index is -1.97. The Labute approximate surface area is 178 Å². The predicted octanol–water partition coefficient (Wildman–Crippen LogP) is 6.07. The molecule has 0 aromatic heterocycles. The number of carbonyl (C=O) groups excluding carboxylic acids is 2. The lowest BCUT2D eigenvalue weighted by Crippen LogP contribution is -2.46. The number of rotatable bonds is 8. The lowest BCUT2D eigenvalue weighted by atomic mass is 10.0. The van der Waals surface area contributed by atoms with Gasteiger partial charge in [-0.25, -0.2) is 4.79 Å². The molecule has 0 radical (unpaired) electrons. The second-order valence-corrected chi connectivity index (χ2v) is 15.3. The Morgan fingerprint density at radius 3 is 2.10 bits per heavy atom. The first-order valence-corrected chi connectivity index (χ1v) is 13.5. The molecule has 1 aliphatic carbocycles. The first-order chi connectivity index (χ1) is 13.1. The van der Waals surface area contributed by atoms with Crippen LogP contribution >= 0.6 is 0 Å². The molecule has 0 aromatic rings. The van der Waals surface area contributed by atoms with E-state index in [0.29, 0.717) is 5.92 Å². The van der Waals surface area contributed by atoms with Gasteiger partial charge in [-0.05, 0) is 83.2 Å². The Morgan fingerprint density at radius 1 is 1.14 bits per heavy atom. The van der Waals surface area contributed by atoms with Gasteiger partial charge in [0.2, 0.25) is 8.32 Å². The number of amides is 1. The molecule has 0 bridgehead atoms. The van der Waals surface area contributed by atoms with Crippen LogP contribution in [0.1, 0.15) is 68.2 Å². The largest absolute Gasteiger partial charge is 0.549 e. The third-order valence-electron chi connectivity index (χ3n) is 5.60. The van der Waals surface area contributed by atoms with E-state index in [1.807, 2.05) is 34.0 Å². The van der Waals surface area contributed by atoms with E-state index in [9.17, 15) is 9.59 Å². The van der Waals surface area contributed by atoms with Crippen molar-refractivity contribution in [2.24, 2.45) is 5.92 Å². The Kier molecular flexibility index (Phi) is 8.34. The summed E-state index contributed by atoms with van der Waals surface area (Å²) in [5.74, 6) is 0.280. The van der Waals surface area contributed by atoms with Crippen LogP contribution in [0.25, 0.3) is 0 Å². The molecule has 29 heavy (non-hydrogen) atoms. The average Bonchev–Trinajstić information content (AvgIpc) is 3.34. The van der Waals surface area contributed by atoms with Crippen molar-refractivity contribution in [3.05, 3.63) is 24.0 Å². The third kappa shape index (κ3) is 7.99. The van der Waals surface area contributed by atoms with Gasteiger partial charge < -0.3 is 9.16 Å². The number of nitrogens with zero attached hydrogens (tertiary/aromatic N) is 1. The molecule has 1 aliphatic rings. The number of carbonyl (C=O) groups is 2. The predicted molar refractivity (Wildman–Crippen MR) is 121 cm³/mol. The number of ether oxygens (including phenoxy) is 1. The summed E-state index contributed by atoms with van der Waals surface area (Å²) >= 11 is 0. The molecule has 5 nitrogen and oxygen atoms in total. The zero-order valence-electron chi connectivity index (χ0n) is 20.1. The molecule has 6 heteroatoms. The van der Waals surface area contributed by atoms with Crippen LogP contribution in [0.5, 0.6) is 0 Å². The van der Waals surface area contributed by atoms with Crippen LogP contribution in [0.2, 0.25) is 18.1 Å². The van der Waals surface area contributed by atoms with E-state index < -0.39 is 20.0 Å². The molecule has 0 aliphatic heterocycles. The third-order valence-corrected chi connectivity index (χ3v) is 9.92. The molecule has 0 heterocycles. The van der Waals surface area contributed by atoms with Crippen LogP contribution in [0, 0.1) is 5.92 Å². The van der Waals surface area contributed by atoms with Crippen LogP contribution in [-0.4, -0.2) is 43.3 Å². The summed E-state index contributed by atoms with van der Waals surface area (Å²) < 4.78 is 12.0. The fraction of sp³-hybridized carbons (Fsp3) is 0.739. The SMILES string of the molecule is CC=CC(=O)CN(C(=O)OC(C)(C)C)[C@@H](C)C(=CO[Si](C)(C)C(C)(C)C)C1CC1. The van der Waals surface area contributed by atoms with Crippen molar-refractivity contribution < 1.29 is 18.8 Å². The van der Waals surface area contributed by atoms with E-state index in [1.54, 1.807) is 13.0 Å². The van der Waals surface area contributed by atoms with Crippen molar-refractivity contribution >= 4 is 20.2 Å². The minimum Gasteiger partial charge on any atom is -0.549 e. The maximum Gasteiger partial charge on any atom is 0.411 e. The van der Waals surface area contributed by atoms with Crippen molar-refractivity contribution in [2.75, 3.05) is 6.54 Å². The molecular formula is C23H41NO4Si. The lowest BCUT2D eigenvalue weighted by Gasteiger charge is -2.36. The van der Waals surface area contributed by atoms with Gasteiger partial charge in [-0.15, -0.1) is 0 Å². The van der Waals surface area contributed by atoms with E-state index >= 15 is 0 Å². The van der Waals surface area contributed by atoms with E-state index in [4.69, 9.17) is 9.16 Å². The van der Waals surface area contributed by atoms with Crippen molar-refractivity contribution in [3.63, 3.8) is 0 Å². The molecule has 1 amide bonds. The monoisotopic (exact) mass is 423 g/mol. The maximum absolute atomic E-state index is 12.9. The van der Waals surface area contributed by atoms with Gasteiger partial charge in [0.25, 0.3) is 0 Å². The van der Waals surface area contributed by atoms with Gasteiger partial charge in [0.1, 0.15) is 5.60 Å². The zero-order valence-corrected chi connectivity index (χ0v) is 21.1. The molecule has 1 rings (SSSR count). The van der Waals surface area contributed by atoms with Crippen LogP contribution in [-0.2, 0) is 14.0 Å². The standard InChI is InChI=1S/C23H41NO4Si/c1-11-12-19(25)15-24(21(26)28-22(3,4)5)17(2)20(18-13-14-18)16-27-29(9,10)23(6,7)8/h11-12,16-18H,13-15H2,1-10H3/t17-/m0/s1. The summed E-state index contributed by atoms with van der Waals surface area (Å²) in [4.78, 5) is 26.8. The van der Waals surface area contributed by atoms with Crippen molar-refractivity contribution in [2.45, 2.75) is 98.0 Å². The average molecular weight is 424 g/mol. The molecule has 1 atom stereocenters. The molecule has 0 N–H and O–H groups in total. The summed E-state index contributed by atoms with van der Waals surface area (Å²) in [7, 11) is -1.97. The Bertz CT molecular complexity index is 649. The Balaban J connectivity index is 3.17. The quantitative estimate of drug-likeness (QED) is 0.270. The molecule has 0 aromatic carbocycles. The summed E-state index contributed by atoms with van der Waals surface area (Å²) in [6.07, 6.45) is 6.78. The van der Waals surface area contributed by atoms with Crippen molar-refractivity contribution in [3.8, 4) is 0 Å². The van der Waals surface area contributed by atoms with Crippen LogP contribution in [0.4, 0.5) is 4.79 Å². The number of ketones is 1. The first kappa shape index (κ1) is 25.5. The molecule has 0 saturated heterocycles. The number of hydrogen-bond acceptors (Lipinski definition) is 4. The molecular weight excluding hydrogens is 382 g/mol. The van der Waals surface area contributed by atoms with E-state index in [2.05, 4.69) is 33.9 Å². The summed E-state index contributed by atoms with van der Waals surface area (Å²) in [6, 6.07) is -0.267. The van der Waals surface area contributed by atoms with E-state index in [0.717, 1.165) is 18.4 Å². The maximum atomic E-state index is 12.9. The van der Waals surface area contributed by atoms with E-state index in [-0.39, 0.29) is 23.4 Å². The second kappa shape index (κ2) is 9.50. The molecule has 166 valence electrons. The smallest absolute Gasteiger partial charge is 0.411 e. The fourth-order valence-corrected chi connectivity index (χ4v) is 3.40. The van der Waals surface area contributed by atoms with Crippen LogP contribution in [0.3, 0.4) is 0 Å². The highest BCUT2D eigenvalue weighted by Gasteiger charge is 2.40. The van der Waals surface area contributed by atoms with Gasteiger partial charge in [-0.1, -0.05) is 26.8 Å². The zero-order chi connectivity index (χ0) is 22.6. The molecule has 0 unspecified atom stereocenters. The summed E-state index contributed by atoms with van der Waals surface area (Å²) in [5.41, 5.74) is 0.453. The summed E-state index contributed by atoms with van der Waals surface area (Å²) in [5, 5.41) is 0.0914. The minimum absolute atomic E-state index is 0.00935. The van der Waals surface area contributed by atoms with Crippen LogP contribution < -0.4 is 0 Å². The van der Waals surface area contributed by atoms with Crippen molar-refractivity contribution in [1.29, 1.82) is 0 Å². The Hall–Kier alpha value is -1.56. The highest BCUT2D eigenvalue weighted by Crippen LogP contribution is 2.42. The molecule has 1 fully saturated rings. The van der Waals surface area contributed by atoms with Gasteiger partial charge >= 0.3 is 6.09 Å². The Morgan fingerprint density at radius 2 is 1.69 bits per heavy atom. The number of hydrogen-bond donors (Lipinski definition) is 0. The van der Waals surface area contributed by atoms with Crippen molar-refractivity contribution in [1.82, 2.24) is 4.90 Å². The highest BCUT2D eigenvalue weighted by molar-refractivity contribution is 6.74. The van der Waals surface area contributed by atoms with Gasteiger partial charge in [0, 0.05) is 0 Å². The fourth-order valence-electron chi connectivity index (χ4n) is 2.61. The molecule has 1 saturated carbocycles. The first-order valence-electron chi connectivity index (χ1n) is 10.6. The van der Waals surface area contributed by atoms with Gasteiger partial charge in [-0.2, -0.15) is 0 Å². The topological polar surface area (TPSA) is 55.8 Å². The van der Waals surface area contributed by atoms with Gasteiger partial charge in [-0.3, -0.25) is 9.69 Å².